The molecule has 0 saturated carbocycles. The number of ether oxygens (including phenoxy) is 2. The predicted octanol–water partition coefficient (Wildman–Crippen LogP) is 4.37. The van der Waals surface area contributed by atoms with Gasteiger partial charge in [0, 0.05) is 13.1 Å². The summed E-state index contributed by atoms with van der Waals surface area (Å²) in [6, 6.07) is 6.58. The number of carbonyl (C=O) groups excluding carboxylic acids is 4. The first-order chi connectivity index (χ1) is 18.2. The van der Waals surface area contributed by atoms with E-state index in [9.17, 15) is 19.2 Å². The Hall–Kier alpha value is -3.14. The van der Waals surface area contributed by atoms with Crippen LogP contribution in [0.25, 0.3) is 0 Å². The van der Waals surface area contributed by atoms with Crippen LogP contribution in [0.3, 0.4) is 0 Å². The fourth-order valence-electron chi connectivity index (χ4n) is 4.85. The number of carbonyl (C=O) groups is 4. The molecule has 2 atom stereocenters. The van der Waals surface area contributed by atoms with E-state index in [-0.39, 0.29) is 17.5 Å². The van der Waals surface area contributed by atoms with Crippen molar-refractivity contribution in [3.05, 3.63) is 35.4 Å². The van der Waals surface area contributed by atoms with Gasteiger partial charge in [-0.15, -0.1) is 0 Å². The van der Waals surface area contributed by atoms with Gasteiger partial charge in [0.1, 0.15) is 17.7 Å². The van der Waals surface area contributed by atoms with Gasteiger partial charge in [0.25, 0.3) is 11.8 Å². The molecule has 38 heavy (non-hydrogen) atoms. The van der Waals surface area contributed by atoms with E-state index in [0.29, 0.717) is 26.1 Å². The minimum Gasteiger partial charge on any atom is -0.444 e. The average molecular weight is 533 g/mol. The second kappa shape index (κ2) is 15.3. The highest BCUT2D eigenvalue weighted by Gasteiger charge is 2.57. The van der Waals surface area contributed by atoms with Crippen molar-refractivity contribution in [2.45, 2.75) is 96.8 Å². The zero-order valence-electron chi connectivity index (χ0n) is 23.2. The monoisotopic (exact) mass is 532 g/mol. The molecule has 2 unspecified atom stereocenters. The van der Waals surface area contributed by atoms with Crippen LogP contribution in [0.5, 0.6) is 0 Å². The third-order valence-corrected chi connectivity index (χ3v) is 7.07. The first-order valence-electron chi connectivity index (χ1n) is 13.8. The van der Waals surface area contributed by atoms with Gasteiger partial charge in [0.05, 0.1) is 11.1 Å². The number of hydrogen-bond donors (Lipinski definition) is 3. The Balaban J connectivity index is 2.49. The number of fused-ring (bicyclic) bond motifs is 1. The van der Waals surface area contributed by atoms with Crippen LogP contribution in [0.2, 0.25) is 0 Å². The van der Waals surface area contributed by atoms with Crippen LogP contribution in [0.15, 0.2) is 24.3 Å². The molecule has 0 saturated heterocycles. The van der Waals surface area contributed by atoms with E-state index in [1.807, 2.05) is 13.8 Å². The maximum Gasteiger partial charge on any atom is 0.407 e. The van der Waals surface area contributed by atoms with Crippen LogP contribution in [0, 0.1) is 0 Å². The van der Waals surface area contributed by atoms with E-state index in [2.05, 4.69) is 10.6 Å². The zero-order valence-corrected chi connectivity index (χ0v) is 23.2. The molecule has 1 aliphatic heterocycles. The molecule has 2 rings (SSSR count). The first-order valence-corrected chi connectivity index (χ1v) is 13.8. The second-order valence-corrected chi connectivity index (χ2v) is 9.74. The summed E-state index contributed by atoms with van der Waals surface area (Å²) in [6.45, 7) is 8.66. The third kappa shape index (κ3) is 7.46. The maximum atomic E-state index is 13.7. The van der Waals surface area contributed by atoms with Crippen molar-refractivity contribution in [3.8, 4) is 0 Å². The number of nitrogens with two attached hydrogens (primary N) is 1. The van der Waals surface area contributed by atoms with E-state index < -0.39 is 41.7 Å². The van der Waals surface area contributed by atoms with Gasteiger partial charge < -0.3 is 25.8 Å². The third-order valence-electron chi connectivity index (χ3n) is 7.07. The van der Waals surface area contributed by atoms with Gasteiger partial charge in [-0.3, -0.25) is 14.5 Å². The largest absolute Gasteiger partial charge is 0.444 e. The van der Waals surface area contributed by atoms with Gasteiger partial charge in [-0.05, 0) is 58.2 Å². The Morgan fingerprint density at radius 3 is 1.74 bits per heavy atom. The Morgan fingerprint density at radius 2 is 1.32 bits per heavy atom. The fourth-order valence-corrected chi connectivity index (χ4v) is 4.85. The molecule has 4 amide bonds. The molecular formula is C28H44N4O6. The summed E-state index contributed by atoms with van der Waals surface area (Å²) in [5, 5.41) is 5.44. The summed E-state index contributed by atoms with van der Waals surface area (Å²) >= 11 is 0. The topological polar surface area (TPSA) is 140 Å². The van der Waals surface area contributed by atoms with Gasteiger partial charge >= 0.3 is 12.2 Å². The molecule has 1 aromatic rings. The number of rotatable bonds is 16. The molecule has 4 N–H and O–H groups in total. The van der Waals surface area contributed by atoms with Crippen molar-refractivity contribution in [3.63, 3.8) is 0 Å². The smallest absolute Gasteiger partial charge is 0.407 e. The predicted molar refractivity (Wildman–Crippen MR) is 145 cm³/mol. The second-order valence-electron chi connectivity index (χ2n) is 9.74. The maximum absolute atomic E-state index is 13.7. The molecule has 0 bridgehead atoms. The summed E-state index contributed by atoms with van der Waals surface area (Å²) in [5.41, 5.74) is 4.78. The highest BCUT2D eigenvalue weighted by molar-refractivity contribution is 6.22. The summed E-state index contributed by atoms with van der Waals surface area (Å²) in [5.74, 6) is -1.01. The SMILES string of the molecule is CCCCNC(=O)OC(C)C(CCCCCN)(C(C)OC(=O)NCCCC)N1C(=O)c2ccccc2C1=O. The number of hydrogen-bond acceptors (Lipinski definition) is 7. The Kier molecular flexibility index (Phi) is 12.5. The number of alkyl carbamates (subject to hydrolysis) is 2. The lowest BCUT2D eigenvalue weighted by Crippen LogP contribution is -2.66. The summed E-state index contributed by atoms with van der Waals surface area (Å²) in [7, 11) is 0. The van der Waals surface area contributed by atoms with Crippen LogP contribution in [0.4, 0.5) is 9.59 Å². The van der Waals surface area contributed by atoms with Gasteiger partial charge in [0.15, 0.2) is 0 Å². The van der Waals surface area contributed by atoms with E-state index in [1.54, 1.807) is 38.1 Å². The van der Waals surface area contributed by atoms with Crippen LogP contribution in [0.1, 0.15) is 99.8 Å². The molecule has 0 radical (unpaired) electrons. The number of benzene rings is 1. The van der Waals surface area contributed by atoms with Crippen molar-refractivity contribution in [2.75, 3.05) is 19.6 Å². The summed E-state index contributed by atoms with van der Waals surface area (Å²) < 4.78 is 11.6. The van der Waals surface area contributed by atoms with Crippen LogP contribution in [-0.2, 0) is 9.47 Å². The molecule has 1 aliphatic rings. The number of amides is 4. The fraction of sp³-hybridized carbons (Fsp3) is 0.643. The normalized spacial score (nSPS) is 15.9. The zero-order chi connectivity index (χ0) is 28.1. The van der Waals surface area contributed by atoms with E-state index in [4.69, 9.17) is 15.2 Å². The molecule has 1 aromatic carbocycles. The lowest BCUT2D eigenvalue weighted by molar-refractivity contribution is -0.0781. The van der Waals surface area contributed by atoms with Crippen molar-refractivity contribution in [2.24, 2.45) is 5.73 Å². The molecule has 0 spiro atoms. The standard InChI is InChI=1S/C28H44N4O6/c1-5-7-18-30-26(35)37-20(3)28(16-12-9-13-17-29,21(4)38-27(36)31-19-8-6-2)32-24(33)22-14-10-11-15-23(22)25(32)34/h10-11,14-15,20-21H,5-9,12-13,16-19,29H2,1-4H3,(H,30,35)(H,31,36). The minimum absolute atomic E-state index is 0.255. The molecule has 1 heterocycles. The number of nitrogens with one attached hydrogen (secondary N) is 2. The molecule has 0 aliphatic carbocycles. The van der Waals surface area contributed by atoms with Gasteiger partial charge in [0.2, 0.25) is 0 Å². The molecule has 212 valence electrons. The van der Waals surface area contributed by atoms with Crippen LogP contribution < -0.4 is 16.4 Å². The average Bonchev–Trinajstić information content (AvgIpc) is 3.14. The highest BCUT2D eigenvalue weighted by Crippen LogP contribution is 2.40. The van der Waals surface area contributed by atoms with Crippen molar-refractivity contribution in [1.82, 2.24) is 15.5 Å². The minimum atomic E-state index is -1.45. The van der Waals surface area contributed by atoms with Crippen molar-refractivity contribution < 1.29 is 28.7 Å². The Bertz CT molecular complexity index is 888. The van der Waals surface area contributed by atoms with Crippen LogP contribution >= 0.6 is 0 Å². The molecular weight excluding hydrogens is 488 g/mol. The number of imide groups is 1. The first kappa shape index (κ1) is 31.1. The van der Waals surface area contributed by atoms with Crippen LogP contribution in [-0.4, -0.2) is 66.3 Å². The molecule has 0 aromatic heterocycles. The summed E-state index contributed by atoms with van der Waals surface area (Å²) in [6.07, 6.45) is 2.37. The van der Waals surface area contributed by atoms with Gasteiger partial charge in [-0.2, -0.15) is 0 Å². The molecule has 10 nitrogen and oxygen atoms in total. The van der Waals surface area contributed by atoms with Crippen molar-refractivity contribution in [1.29, 1.82) is 0 Å². The highest BCUT2D eigenvalue weighted by atomic mass is 16.6. The lowest BCUT2D eigenvalue weighted by atomic mass is 9.80. The summed E-state index contributed by atoms with van der Waals surface area (Å²) in [4.78, 5) is 54.0. The van der Waals surface area contributed by atoms with Crippen molar-refractivity contribution >= 4 is 24.0 Å². The number of unbranched alkanes of at least 4 members (excludes halogenated alkanes) is 4. The Morgan fingerprint density at radius 1 is 0.842 bits per heavy atom. The number of nitrogens with zero attached hydrogens (tertiary/aromatic N) is 1. The van der Waals surface area contributed by atoms with Gasteiger partial charge in [-0.1, -0.05) is 51.7 Å². The van der Waals surface area contributed by atoms with Gasteiger partial charge in [-0.25, -0.2) is 9.59 Å². The van der Waals surface area contributed by atoms with E-state index in [0.717, 1.165) is 43.4 Å². The van der Waals surface area contributed by atoms with E-state index in [1.165, 1.54) is 0 Å². The quantitative estimate of drug-likeness (QED) is 0.212. The van der Waals surface area contributed by atoms with E-state index >= 15 is 0 Å². The lowest BCUT2D eigenvalue weighted by Gasteiger charge is -2.47. The Labute approximate surface area is 226 Å². The molecule has 10 heteroatoms. The molecule has 0 fully saturated rings.